The fourth-order valence-electron chi connectivity index (χ4n) is 9.41. The van der Waals surface area contributed by atoms with Crippen LogP contribution < -0.4 is 29.4 Å². The van der Waals surface area contributed by atoms with Gasteiger partial charge in [-0.05, 0) is 109 Å². The Morgan fingerprint density at radius 2 is 0.367 bits per heavy atom. The quantitative estimate of drug-likeness (QED) is 0.0448. The highest BCUT2D eigenvalue weighted by Gasteiger charge is 2.60. The minimum atomic E-state index is -1.70. The van der Waals surface area contributed by atoms with Gasteiger partial charge < -0.3 is 29.4 Å². The number of hydrogen-bond acceptors (Lipinski definition) is 8. The highest BCUT2D eigenvalue weighted by Crippen LogP contribution is 2.71. The molecule has 0 rings (SSSR count). The van der Waals surface area contributed by atoms with Gasteiger partial charge in [-0.2, -0.15) is 0 Å². The van der Waals surface area contributed by atoms with Crippen molar-refractivity contribution in [1.29, 1.82) is 0 Å². The van der Waals surface area contributed by atoms with E-state index in [1.807, 2.05) is 0 Å². The van der Waals surface area contributed by atoms with Crippen LogP contribution in [-0.2, 0) is 0 Å². The number of halogens is 2. The molecule has 368 valence electrons. The summed E-state index contributed by atoms with van der Waals surface area (Å²) in [7, 11) is -3.40. The van der Waals surface area contributed by atoms with Crippen LogP contribution in [0.1, 0.15) is 214 Å². The summed E-state index contributed by atoms with van der Waals surface area (Å²) < 4.78 is 23.0. The Hall–Kier alpha value is 1.31. The molecular formula is C48H112BrClN8P2. The van der Waals surface area contributed by atoms with Crippen molar-refractivity contribution in [3.63, 3.8) is 0 Å². The predicted octanol–water partition coefficient (Wildman–Crippen LogP) is 8.31. The first-order chi connectivity index (χ1) is 28.2. The molecule has 0 saturated carbocycles. The second-order valence-corrected chi connectivity index (χ2v) is 22.7. The molecule has 0 unspecified atom stereocenters. The smallest absolute Gasteiger partial charge is 0.308 e. The van der Waals surface area contributed by atoms with Gasteiger partial charge in [-0.15, -0.1) is 37.4 Å². The SMILES string of the molecule is CCCCCCN(CCCCCC)[P+](N(CC)CC)(N(CC)CC)N(CC)CC.CCCCCCN(CCCCCC)[P+](N(CC)CC)(N(CC)CC)N(CC)CC.[Br-].[Cl-]. The standard InChI is InChI=1S/2C24H56N4P.BrH.ClH/c2*1-9-17-19-21-23-28(24-22-20-18-10-2)29(25(11-3)12-4,26(13-5)14-6)27(15-7)16-8;;/h2*9-24H2,1-8H3;2*1H/q2*+1;;/p-2. The molecule has 0 aliphatic heterocycles. The molecule has 12 heteroatoms. The third kappa shape index (κ3) is 21.3. The molecule has 0 atom stereocenters. The highest BCUT2D eigenvalue weighted by molar-refractivity contribution is 7.67. The second kappa shape index (κ2) is 44.2. The maximum atomic E-state index is 2.98. The highest BCUT2D eigenvalue weighted by atomic mass is 79.9. The normalized spacial score (nSPS) is 12.4. The Kier molecular flexibility index (Phi) is 50.0. The first-order valence-corrected chi connectivity index (χ1v) is 29.2. The summed E-state index contributed by atoms with van der Waals surface area (Å²) in [6.45, 7) is 56.4. The Labute approximate surface area is 398 Å². The van der Waals surface area contributed by atoms with E-state index in [9.17, 15) is 0 Å². The van der Waals surface area contributed by atoms with E-state index in [1.54, 1.807) is 0 Å². The van der Waals surface area contributed by atoms with Crippen LogP contribution in [0.15, 0.2) is 0 Å². The van der Waals surface area contributed by atoms with Crippen molar-refractivity contribution in [2.75, 3.05) is 105 Å². The molecule has 0 amide bonds. The van der Waals surface area contributed by atoms with E-state index in [4.69, 9.17) is 0 Å². The van der Waals surface area contributed by atoms with Crippen molar-refractivity contribution in [3.05, 3.63) is 0 Å². The Morgan fingerprint density at radius 3 is 0.483 bits per heavy atom. The van der Waals surface area contributed by atoms with E-state index in [-0.39, 0.29) is 29.4 Å². The average molecular weight is 979 g/mol. The molecule has 0 aromatic rings. The van der Waals surface area contributed by atoms with Crippen molar-refractivity contribution in [2.24, 2.45) is 0 Å². The van der Waals surface area contributed by atoms with Gasteiger partial charge in [-0.3, -0.25) is 0 Å². The van der Waals surface area contributed by atoms with E-state index >= 15 is 0 Å². The van der Waals surface area contributed by atoms with Gasteiger partial charge in [-0.25, -0.2) is 0 Å². The van der Waals surface area contributed by atoms with Crippen molar-refractivity contribution >= 4 is 15.7 Å². The van der Waals surface area contributed by atoms with E-state index in [1.165, 1.54) is 129 Å². The van der Waals surface area contributed by atoms with Crippen LogP contribution in [0.25, 0.3) is 0 Å². The number of rotatable bonds is 40. The van der Waals surface area contributed by atoms with Crippen LogP contribution in [0, 0.1) is 0 Å². The van der Waals surface area contributed by atoms with Crippen molar-refractivity contribution in [2.45, 2.75) is 214 Å². The first-order valence-electron chi connectivity index (χ1n) is 26.0. The minimum absolute atomic E-state index is 0. The average Bonchev–Trinajstić information content (AvgIpc) is 3.24. The fraction of sp³-hybridized carbons (Fsp3) is 1.00. The lowest BCUT2D eigenvalue weighted by Gasteiger charge is -2.50. The lowest BCUT2D eigenvalue weighted by Crippen LogP contribution is -3.00. The molecule has 0 bridgehead atoms. The number of hydrogen-bond donors (Lipinski definition) is 0. The summed E-state index contributed by atoms with van der Waals surface area (Å²) in [6.07, 6.45) is 21.6. The van der Waals surface area contributed by atoms with Crippen LogP contribution in [0.4, 0.5) is 0 Å². The van der Waals surface area contributed by atoms with Crippen molar-refractivity contribution in [3.8, 4) is 0 Å². The topological polar surface area (TPSA) is 25.9 Å². The lowest BCUT2D eigenvalue weighted by molar-refractivity contribution is -0.00100. The monoisotopic (exact) mass is 977 g/mol. The van der Waals surface area contributed by atoms with Gasteiger partial charge >= 0.3 is 15.7 Å². The van der Waals surface area contributed by atoms with Gasteiger partial charge in [0.1, 0.15) is 0 Å². The summed E-state index contributed by atoms with van der Waals surface area (Å²) in [6, 6.07) is 0. The van der Waals surface area contributed by atoms with Gasteiger partial charge in [0.2, 0.25) is 0 Å². The van der Waals surface area contributed by atoms with Crippen LogP contribution in [0.2, 0.25) is 0 Å². The molecule has 0 saturated heterocycles. The predicted molar refractivity (Wildman–Crippen MR) is 271 cm³/mol. The third-order valence-corrected chi connectivity index (χ3v) is 22.8. The molecule has 0 fully saturated rings. The molecule has 0 N–H and O–H groups in total. The molecular weight excluding hydrogens is 866 g/mol. The Morgan fingerprint density at radius 1 is 0.217 bits per heavy atom. The first kappa shape index (κ1) is 67.9. The van der Waals surface area contributed by atoms with Crippen LogP contribution >= 0.6 is 15.7 Å². The fourth-order valence-corrected chi connectivity index (χ4v) is 19.9. The van der Waals surface area contributed by atoms with Crippen LogP contribution in [0.3, 0.4) is 0 Å². The summed E-state index contributed by atoms with van der Waals surface area (Å²) in [4.78, 5) is 0. The third-order valence-electron chi connectivity index (χ3n) is 12.5. The van der Waals surface area contributed by atoms with E-state index in [0.29, 0.717) is 0 Å². The Balaban J connectivity index is -0.000000506. The minimum Gasteiger partial charge on any atom is -1.00 e. The molecule has 0 heterocycles. The molecule has 0 aliphatic carbocycles. The number of unbranched alkanes of at least 4 members (excludes halogenated alkanes) is 12. The largest absolute Gasteiger partial charge is 1.00 e. The van der Waals surface area contributed by atoms with Gasteiger partial charge in [-0.1, -0.05) is 105 Å². The second-order valence-electron chi connectivity index (χ2n) is 16.1. The van der Waals surface area contributed by atoms with Gasteiger partial charge in [0, 0.05) is 105 Å². The van der Waals surface area contributed by atoms with E-state index < -0.39 is 15.7 Å². The Bertz CT molecular complexity index is 706. The van der Waals surface area contributed by atoms with Crippen LogP contribution in [-0.4, -0.2) is 142 Å². The molecule has 60 heavy (non-hydrogen) atoms. The summed E-state index contributed by atoms with van der Waals surface area (Å²) in [5, 5.41) is 0. The molecule has 0 aromatic carbocycles. The summed E-state index contributed by atoms with van der Waals surface area (Å²) in [5.74, 6) is 0. The van der Waals surface area contributed by atoms with Gasteiger partial charge in [0.05, 0.1) is 0 Å². The maximum absolute atomic E-state index is 2.98. The van der Waals surface area contributed by atoms with Crippen molar-refractivity contribution in [1.82, 2.24) is 37.4 Å². The van der Waals surface area contributed by atoms with Crippen molar-refractivity contribution < 1.29 is 29.4 Å². The zero-order valence-corrected chi connectivity index (χ0v) is 48.0. The molecule has 0 radical (unpaired) electrons. The van der Waals surface area contributed by atoms with Gasteiger partial charge in [0.25, 0.3) is 0 Å². The van der Waals surface area contributed by atoms with E-state index in [0.717, 1.165) is 78.5 Å². The van der Waals surface area contributed by atoms with Gasteiger partial charge in [0.15, 0.2) is 0 Å². The summed E-state index contributed by atoms with van der Waals surface area (Å²) in [5.41, 5.74) is 0. The maximum Gasteiger partial charge on any atom is 0.308 e. The molecule has 0 spiro atoms. The molecule has 0 aliphatic rings. The lowest BCUT2D eigenvalue weighted by atomic mass is 10.2. The zero-order valence-electron chi connectivity index (χ0n) is 43.9. The zero-order chi connectivity index (χ0) is 44.2. The summed E-state index contributed by atoms with van der Waals surface area (Å²) >= 11 is 0. The van der Waals surface area contributed by atoms with E-state index in [2.05, 4.69) is 148 Å². The molecule has 0 aromatic heterocycles. The molecule has 8 nitrogen and oxygen atoms in total. The number of nitrogens with zero attached hydrogens (tertiary/aromatic N) is 8. The van der Waals surface area contributed by atoms with Crippen LogP contribution in [0.5, 0.6) is 0 Å².